The summed E-state index contributed by atoms with van der Waals surface area (Å²) in [4.78, 5) is 13.9. The SMILES string of the molecule is CC(C)(C)OC(=O)N1CCC[C@@H]1[C@H](COc1ccc(O)cc1O)OS(C)(=O)=O. The molecule has 1 aromatic rings. The molecule has 2 N–H and O–H groups in total. The van der Waals surface area contributed by atoms with Crippen molar-refractivity contribution in [2.45, 2.75) is 51.4 Å². The summed E-state index contributed by atoms with van der Waals surface area (Å²) in [6.07, 6.45) is 0.565. The molecule has 1 aliphatic rings. The summed E-state index contributed by atoms with van der Waals surface area (Å²) in [5.41, 5.74) is -0.689. The molecular formula is C18H27NO8S. The number of carbonyl (C=O) groups excluding carboxylic acids is 1. The van der Waals surface area contributed by atoms with Gasteiger partial charge in [-0.05, 0) is 45.7 Å². The van der Waals surface area contributed by atoms with E-state index in [4.69, 9.17) is 13.7 Å². The van der Waals surface area contributed by atoms with Crippen LogP contribution in [0.5, 0.6) is 17.2 Å². The number of nitrogens with zero attached hydrogens (tertiary/aromatic N) is 1. The van der Waals surface area contributed by atoms with Gasteiger partial charge in [-0.15, -0.1) is 0 Å². The maximum absolute atomic E-state index is 12.5. The van der Waals surface area contributed by atoms with Crippen molar-refractivity contribution in [2.75, 3.05) is 19.4 Å². The summed E-state index contributed by atoms with van der Waals surface area (Å²) in [6, 6.07) is 3.21. The predicted octanol–water partition coefficient (Wildman–Crippen LogP) is 2.22. The van der Waals surface area contributed by atoms with Crippen LogP contribution in [0.3, 0.4) is 0 Å². The summed E-state index contributed by atoms with van der Waals surface area (Å²) in [5, 5.41) is 19.2. The van der Waals surface area contributed by atoms with Gasteiger partial charge in [0.25, 0.3) is 10.1 Å². The molecular weight excluding hydrogens is 390 g/mol. The lowest BCUT2D eigenvalue weighted by Gasteiger charge is -2.32. The Morgan fingerprint density at radius 1 is 1.32 bits per heavy atom. The molecule has 0 aliphatic carbocycles. The van der Waals surface area contributed by atoms with E-state index >= 15 is 0 Å². The van der Waals surface area contributed by atoms with Crippen LogP contribution in [0, 0.1) is 0 Å². The fraction of sp³-hybridized carbons (Fsp3) is 0.611. The molecule has 9 nitrogen and oxygen atoms in total. The lowest BCUT2D eigenvalue weighted by atomic mass is 10.1. The van der Waals surface area contributed by atoms with E-state index in [2.05, 4.69) is 0 Å². The van der Waals surface area contributed by atoms with Gasteiger partial charge in [0, 0.05) is 12.6 Å². The van der Waals surface area contributed by atoms with E-state index in [0.29, 0.717) is 19.4 Å². The van der Waals surface area contributed by atoms with Crippen LogP contribution >= 0.6 is 0 Å². The number of rotatable bonds is 6. The zero-order valence-electron chi connectivity index (χ0n) is 16.4. The van der Waals surface area contributed by atoms with E-state index < -0.39 is 34.0 Å². The Hall–Kier alpha value is -2.20. The van der Waals surface area contributed by atoms with Gasteiger partial charge in [0.05, 0.1) is 12.3 Å². The Labute approximate surface area is 164 Å². The highest BCUT2D eigenvalue weighted by atomic mass is 32.2. The molecule has 1 aliphatic heterocycles. The summed E-state index contributed by atoms with van der Waals surface area (Å²) in [6.45, 7) is 5.43. The smallest absolute Gasteiger partial charge is 0.410 e. The van der Waals surface area contributed by atoms with E-state index in [1.807, 2.05) is 0 Å². The number of phenolic OH excluding ortho intramolecular Hbond substituents is 2. The second kappa shape index (κ2) is 8.44. The fourth-order valence-electron chi connectivity index (χ4n) is 2.95. The molecule has 1 amide bonds. The van der Waals surface area contributed by atoms with Gasteiger partial charge in [-0.1, -0.05) is 0 Å². The topological polar surface area (TPSA) is 123 Å². The van der Waals surface area contributed by atoms with Gasteiger partial charge in [0.2, 0.25) is 0 Å². The fourth-order valence-corrected chi connectivity index (χ4v) is 3.59. The molecule has 1 saturated heterocycles. The number of amides is 1. The van der Waals surface area contributed by atoms with E-state index in [1.165, 1.54) is 17.0 Å². The van der Waals surface area contributed by atoms with Crippen molar-refractivity contribution in [2.24, 2.45) is 0 Å². The summed E-state index contributed by atoms with van der Waals surface area (Å²) < 4.78 is 39.6. The van der Waals surface area contributed by atoms with E-state index in [9.17, 15) is 23.4 Å². The van der Waals surface area contributed by atoms with Gasteiger partial charge < -0.3 is 24.6 Å². The molecule has 1 aromatic carbocycles. The Morgan fingerprint density at radius 2 is 2.00 bits per heavy atom. The van der Waals surface area contributed by atoms with Crippen molar-refractivity contribution in [1.82, 2.24) is 4.90 Å². The van der Waals surface area contributed by atoms with Crippen molar-refractivity contribution in [1.29, 1.82) is 0 Å². The van der Waals surface area contributed by atoms with Crippen molar-refractivity contribution < 1.29 is 37.1 Å². The summed E-state index contributed by atoms with van der Waals surface area (Å²) in [5.74, 6) is -0.379. The number of likely N-dealkylation sites (tertiary alicyclic amines) is 1. The minimum atomic E-state index is -3.83. The highest BCUT2D eigenvalue weighted by Crippen LogP contribution is 2.31. The van der Waals surface area contributed by atoms with Crippen molar-refractivity contribution in [3.8, 4) is 17.2 Å². The molecule has 1 heterocycles. The third-order valence-corrected chi connectivity index (χ3v) is 4.60. The van der Waals surface area contributed by atoms with Crippen molar-refractivity contribution in [3.63, 3.8) is 0 Å². The van der Waals surface area contributed by atoms with Gasteiger partial charge in [-0.3, -0.25) is 4.18 Å². The molecule has 28 heavy (non-hydrogen) atoms. The molecule has 0 unspecified atom stereocenters. The van der Waals surface area contributed by atoms with Crippen LogP contribution in [-0.4, -0.2) is 66.8 Å². The van der Waals surface area contributed by atoms with Crippen LogP contribution in [0.2, 0.25) is 0 Å². The van der Waals surface area contributed by atoms with Gasteiger partial charge in [0.1, 0.15) is 24.1 Å². The lowest BCUT2D eigenvalue weighted by molar-refractivity contribution is 0.00342. The Balaban J connectivity index is 2.18. The second-order valence-electron chi connectivity index (χ2n) is 7.69. The van der Waals surface area contributed by atoms with Gasteiger partial charge in [-0.2, -0.15) is 8.42 Å². The monoisotopic (exact) mass is 417 g/mol. The normalized spacial score (nSPS) is 18.7. The van der Waals surface area contributed by atoms with Crippen LogP contribution in [0.15, 0.2) is 18.2 Å². The van der Waals surface area contributed by atoms with E-state index in [1.54, 1.807) is 20.8 Å². The van der Waals surface area contributed by atoms with Crippen LogP contribution in [0.25, 0.3) is 0 Å². The van der Waals surface area contributed by atoms with Crippen LogP contribution < -0.4 is 4.74 Å². The third kappa shape index (κ3) is 6.45. The molecule has 0 bridgehead atoms. The van der Waals surface area contributed by atoms with Crippen LogP contribution in [0.1, 0.15) is 33.6 Å². The third-order valence-electron chi connectivity index (χ3n) is 4.00. The Kier molecular flexibility index (Phi) is 6.66. The Bertz CT molecular complexity index is 802. The maximum Gasteiger partial charge on any atom is 0.410 e. The molecule has 10 heteroatoms. The average molecular weight is 417 g/mol. The number of benzene rings is 1. The molecule has 158 valence electrons. The summed E-state index contributed by atoms with van der Waals surface area (Å²) in [7, 11) is -3.83. The van der Waals surface area contributed by atoms with Gasteiger partial charge >= 0.3 is 6.09 Å². The predicted molar refractivity (Wildman–Crippen MR) is 101 cm³/mol. The zero-order chi connectivity index (χ0) is 21.1. The highest BCUT2D eigenvalue weighted by molar-refractivity contribution is 7.86. The molecule has 0 aromatic heterocycles. The highest BCUT2D eigenvalue weighted by Gasteiger charge is 2.39. The largest absolute Gasteiger partial charge is 0.508 e. The average Bonchev–Trinajstić information content (AvgIpc) is 2.99. The quantitative estimate of drug-likeness (QED) is 0.676. The zero-order valence-corrected chi connectivity index (χ0v) is 17.2. The number of aromatic hydroxyl groups is 2. The number of hydrogen-bond acceptors (Lipinski definition) is 8. The van der Waals surface area contributed by atoms with Crippen LogP contribution in [-0.2, 0) is 19.0 Å². The molecule has 0 spiro atoms. The Morgan fingerprint density at radius 3 is 2.57 bits per heavy atom. The molecule has 2 atom stereocenters. The van der Waals surface area contributed by atoms with Crippen molar-refractivity contribution >= 4 is 16.2 Å². The minimum absolute atomic E-state index is 0.0571. The number of hydrogen-bond donors (Lipinski definition) is 2. The van der Waals surface area contributed by atoms with E-state index in [0.717, 1.165) is 12.3 Å². The molecule has 1 fully saturated rings. The van der Waals surface area contributed by atoms with Crippen molar-refractivity contribution in [3.05, 3.63) is 18.2 Å². The number of ether oxygens (including phenoxy) is 2. The van der Waals surface area contributed by atoms with E-state index in [-0.39, 0.29) is 23.9 Å². The second-order valence-corrected chi connectivity index (χ2v) is 9.29. The summed E-state index contributed by atoms with van der Waals surface area (Å²) >= 11 is 0. The first-order valence-electron chi connectivity index (χ1n) is 8.88. The standard InChI is InChI=1S/C18H27NO8S/c1-18(2,3)26-17(22)19-9-5-6-13(19)16(27-28(4,23)24)11-25-15-8-7-12(20)10-14(15)21/h7-8,10,13,16,20-21H,5-6,9,11H2,1-4H3/t13-,16+/m1/s1. The first-order chi connectivity index (χ1) is 12.9. The number of phenols is 2. The van der Waals surface area contributed by atoms with Crippen LogP contribution in [0.4, 0.5) is 4.79 Å². The molecule has 2 rings (SSSR count). The molecule has 0 radical (unpaired) electrons. The lowest BCUT2D eigenvalue weighted by Crippen LogP contribution is -2.48. The first kappa shape index (κ1) is 22.1. The maximum atomic E-state index is 12.5. The van der Waals surface area contributed by atoms with Gasteiger partial charge in [0.15, 0.2) is 11.5 Å². The first-order valence-corrected chi connectivity index (χ1v) is 10.7. The molecule has 0 saturated carbocycles. The van der Waals surface area contributed by atoms with Gasteiger partial charge in [-0.25, -0.2) is 4.79 Å². The number of carbonyl (C=O) groups is 1. The minimum Gasteiger partial charge on any atom is -0.508 e.